The second-order valence-corrected chi connectivity index (χ2v) is 6.08. The molecule has 3 aromatic rings. The highest BCUT2D eigenvalue weighted by molar-refractivity contribution is 5.76. The maximum Gasteiger partial charge on any atom is 0.290 e. The molecule has 0 saturated carbocycles. The zero-order valence-electron chi connectivity index (χ0n) is 14.5. The van der Waals surface area contributed by atoms with Crippen molar-refractivity contribution >= 4 is 11.0 Å². The molecule has 0 radical (unpaired) electrons. The normalized spacial score (nSPS) is 10.6. The first kappa shape index (κ1) is 18.5. The molecule has 0 unspecified atom stereocenters. The summed E-state index contributed by atoms with van der Waals surface area (Å²) in [6, 6.07) is 17.5. The number of unbranched alkanes of at least 4 members (excludes halogenated alkanes) is 1. The molecule has 0 aliphatic heterocycles. The lowest BCUT2D eigenvalue weighted by atomic mass is 10.1. The van der Waals surface area contributed by atoms with Gasteiger partial charge in [-0.3, -0.25) is 0 Å². The third-order valence-electron chi connectivity index (χ3n) is 4.33. The van der Waals surface area contributed by atoms with Crippen LogP contribution in [0.5, 0.6) is 0 Å². The molecular formula is C21H25BrN2. The number of fused-ring (bicyclic) bond motifs is 1. The van der Waals surface area contributed by atoms with Gasteiger partial charge < -0.3 is 17.0 Å². The van der Waals surface area contributed by atoms with Crippen LogP contribution in [-0.2, 0) is 13.1 Å². The molecule has 1 aromatic heterocycles. The fraction of sp³-hybridized carbons (Fsp3) is 0.286. The van der Waals surface area contributed by atoms with Gasteiger partial charge in [-0.2, -0.15) is 0 Å². The van der Waals surface area contributed by atoms with Gasteiger partial charge in [-0.25, -0.2) is 9.13 Å². The third kappa shape index (κ3) is 3.46. The molecule has 126 valence electrons. The quantitative estimate of drug-likeness (QED) is 0.453. The number of aromatic nitrogens is 2. The van der Waals surface area contributed by atoms with Gasteiger partial charge in [0.25, 0.3) is 5.82 Å². The minimum absolute atomic E-state index is 0. The van der Waals surface area contributed by atoms with Gasteiger partial charge in [0.15, 0.2) is 11.0 Å². The molecule has 3 rings (SSSR count). The van der Waals surface area contributed by atoms with Crippen molar-refractivity contribution in [2.24, 2.45) is 0 Å². The number of hydrogen-bond donors (Lipinski definition) is 0. The van der Waals surface area contributed by atoms with Crippen molar-refractivity contribution in [2.45, 2.75) is 39.8 Å². The molecule has 24 heavy (non-hydrogen) atoms. The van der Waals surface area contributed by atoms with Crippen molar-refractivity contribution in [1.29, 1.82) is 0 Å². The first-order valence-corrected chi connectivity index (χ1v) is 8.45. The maximum atomic E-state index is 3.95. The van der Waals surface area contributed by atoms with Crippen LogP contribution in [-0.4, -0.2) is 4.57 Å². The van der Waals surface area contributed by atoms with E-state index in [0.717, 1.165) is 13.1 Å². The number of nitrogens with zero attached hydrogens (tertiary/aromatic N) is 2. The van der Waals surface area contributed by atoms with E-state index in [2.05, 4.69) is 78.1 Å². The Kier molecular flexibility index (Phi) is 6.38. The van der Waals surface area contributed by atoms with Crippen LogP contribution in [0.25, 0.3) is 22.4 Å². The zero-order valence-corrected chi connectivity index (χ0v) is 16.1. The number of halogens is 1. The number of aryl methyl sites for hydroxylation is 2. The second kappa shape index (κ2) is 8.29. The van der Waals surface area contributed by atoms with Crippen LogP contribution in [0, 0.1) is 6.92 Å². The predicted molar refractivity (Wildman–Crippen MR) is 97.4 cm³/mol. The van der Waals surface area contributed by atoms with Gasteiger partial charge in [0, 0.05) is 0 Å². The lowest BCUT2D eigenvalue weighted by Gasteiger charge is -2.05. The SMILES string of the molecule is C=CCn1c(-c2ccc(C)cc2)[n+](CCCC)c2ccccc21.[Br-]. The fourth-order valence-electron chi connectivity index (χ4n) is 3.17. The third-order valence-corrected chi connectivity index (χ3v) is 4.33. The number of imidazole rings is 1. The summed E-state index contributed by atoms with van der Waals surface area (Å²) in [6.07, 6.45) is 4.36. The Balaban J connectivity index is 0.00000208. The molecule has 0 saturated heterocycles. The molecule has 0 fully saturated rings. The Morgan fingerprint density at radius 1 is 1.08 bits per heavy atom. The van der Waals surface area contributed by atoms with Gasteiger partial charge in [-0.15, -0.1) is 0 Å². The molecule has 3 heteroatoms. The van der Waals surface area contributed by atoms with E-state index >= 15 is 0 Å². The highest BCUT2D eigenvalue weighted by Gasteiger charge is 2.25. The molecule has 0 N–H and O–H groups in total. The molecule has 0 aliphatic rings. The van der Waals surface area contributed by atoms with Crippen LogP contribution in [0.1, 0.15) is 25.3 Å². The van der Waals surface area contributed by atoms with E-state index < -0.39 is 0 Å². The molecule has 0 bridgehead atoms. The number of para-hydroxylation sites is 2. The Labute approximate surface area is 155 Å². The van der Waals surface area contributed by atoms with Crippen LogP contribution in [0.2, 0.25) is 0 Å². The summed E-state index contributed by atoms with van der Waals surface area (Å²) in [6.45, 7) is 10.2. The summed E-state index contributed by atoms with van der Waals surface area (Å²) in [5.41, 5.74) is 5.14. The van der Waals surface area contributed by atoms with Crippen LogP contribution in [0.15, 0.2) is 61.2 Å². The lowest BCUT2D eigenvalue weighted by Crippen LogP contribution is -3.00. The molecule has 0 aliphatic carbocycles. The summed E-state index contributed by atoms with van der Waals surface area (Å²) in [5, 5.41) is 0. The standard InChI is InChI=1S/C21H25N2.BrH/c1-4-6-16-23-20-10-8-7-9-19(20)22(15-5-2)21(23)18-13-11-17(3)12-14-18;/h5,7-14H,2,4,6,15-16H2,1,3H3;1H/q+1;/p-1. The summed E-state index contributed by atoms with van der Waals surface area (Å²) < 4.78 is 4.84. The number of allylic oxidation sites excluding steroid dienone is 1. The van der Waals surface area contributed by atoms with Crippen molar-refractivity contribution in [3.05, 3.63) is 66.7 Å². The summed E-state index contributed by atoms with van der Waals surface area (Å²) in [4.78, 5) is 0. The van der Waals surface area contributed by atoms with E-state index in [1.54, 1.807) is 0 Å². The first-order valence-electron chi connectivity index (χ1n) is 8.45. The smallest absolute Gasteiger partial charge is 0.290 e. The van der Waals surface area contributed by atoms with Gasteiger partial charge in [-0.1, -0.05) is 55.8 Å². The summed E-state index contributed by atoms with van der Waals surface area (Å²) in [7, 11) is 0. The van der Waals surface area contributed by atoms with Gasteiger partial charge in [0.1, 0.15) is 6.54 Å². The first-order chi connectivity index (χ1) is 11.3. The Bertz CT molecular complexity index is 816. The number of benzene rings is 2. The molecule has 1 heterocycles. The minimum Gasteiger partial charge on any atom is -1.00 e. The van der Waals surface area contributed by atoms with Crippen molar-refractivity contribution in [2.75, 3.05) is 0 Å². The molecule has 0 atom stereocenters. The number of rotatable bonds is 6. The van der Waals surface area contributed by atoms with E-state index in [1.807, 2.05) is 6.08 Å². The van der Waals surface area contributed by atoms with E-state index in [4.69, 9.17) is 0 Å². The van der Waals surface area contributed by atoms with Crippen LogP contribution < -0.4 is 21.5 Å². The van der Waals surface area contributed by atoms with Crippen LogP contribution in [0.4, 0.5) is 0 Å². The van der Waals surface area contributed by atoms with Gasteiger partial charge in [0.05, 0.1) is 12.1 Å². The van der Waals surface area contributed by atoms with E-state index in [0.29, 0.717) is 0 Å². The Morgan fingerprint density at radius 3 is 2.46 bits per heavy atom. The number of hydrogen-bond acceptors (Lipinski definition) is 0. The van der Waals surface area contributed by atoms with E-state index in [-0.39, 0.29) is 17.0 Å². The second-order valence-electron chi connectivity index (χ2n) is 6.08. The van der Waals surface area contributed by atoms with Crippen molar-refractivity contribution < 1.29 is 21.5 Å². The van der Waals surface area contributed by atoms with Crippen molar-refractivity contribution in [3.63, 3.8) is 0 Å². The van der Waals surface area contributed by atoms with Crippen molar-refractivity contribution in [3.8, 4) is 11.4 Å². The Morgan fingerprint density at radius 2 is 1.79 bits per heavy atom. The average Bonchev–Trinajstić information content (AvgIpc) is 2.88. The molecule has 0 amide bonds. The largest absolute Gasteiger partial charge is 1.00 e. The van der Waals surface area contributed by atoms with Crippen molar-refractivity contribution in [1.82, 2.24) is 4.57 Å². The van der Waals surface area contributed by atoms with Crippen LogP contribution >= 0.6 is 0 Å². The van der Waals surface area contributed by atoms with Gasteiger partial charge in [0.2, 0.25) is 0 Å². The van der Waals surface area contributed by atoms with Gasteiger partial charge in [-0.05, 0) is 37.6 Å². The summed E-state index contributed by atoms with van der Waals surface area (Å²) in [5.74, 6) is 1.28. The zero-order chi connectivity index (χ0) is 16.2. The fourth-order valence-corrected chi connectivity index (χ4v) is 3.17. The molecule has 2 nitrogen and oxygen atoms in total. The van der Waals surface area contributed by atoms with E-state index in [9.17, 15) is 0 Å². The highest BCUT2D eigenvalue weighted by Crippen LogP contribution is 2.24. The highest BCUT2D eigenvalue weighted by atomic mass is 79.9. The van der Waals surface area contributed by atoms with Crippen LogP contribution in [0.3, 0.4) is 0 Å². The maximum absolute atomic E-state index is 3.95. The van der Waals surface area contributed by atoms with E-state index in [1.165, 1.54) is 40.8 Å². The topological polar surface area (TPSA) is 8.81 Å². The lowest BCUT2D eigenvalue weighted by molar-refractivity contribution is -0.661. The minimum atomic E-state index is 0. The monoisotopic (exact) mass is 384 g/mol. The summed E-state index contributed by atoms with van der Waals surface area (Å²) >= 11 is 0. The Hall–Kier alpha value is -1.87. The van der Waals surface area contributed by atoms with Gasteiger partial charge >= 0.3 is 0 Å². The molecular weight excluding hydrogens is 360 g/mol. The predicted octanol–water partition coefficient (Wildman–Crippen LogP) is 1.89. The average molecular weight is 385 g/mol. The molecule has 2 aromatic carbocycles. The molecule has 0 spiro atoms.